The van der Waals surface area contributed by atoms with Crippen LogP contribution in [0.3, 0.4) is 0 Å². The monoisotopic (exact) mass is 551 g/mol. The molecule has 0 aliphatic carbocycles. The van der Waals surface area contributed by atoms with Crippen LogP contribution in [0, 0.1) is 5.95 Å². The van der Waals surface area contributed by atoms with Gasteiger partial charge in [-0.2, -0.15) is 17.6 Å². The molecule has 1 aliphatic rings. The highest BCUT2D eigenvalue weighted by atomic mass is 19.4. The van der Waals surface area contributed by atoms with Gasteiger partial charge in [0.2, 0.25) is 5.95 Å². The fourth-order valence-corrected chi connectivity index (χ4v) is 4.86. The van der Waals surface area contributed by atoms with Crippen LogP contribution in [0.1, 0.15) is 46.4 Å². The molecule has 4 N–H and O–H groups in total. The smallest absolute Gasteiger partial charge is 0.404 e. The van der Waals surface area contributed by atoms with E-state index in [1.807, 2.05) is 6.07 Å². The molecule has 0 radical (unpaired) electrons. The van der Waals surface area contributed by atoms with Crippen LogP contribution in [-0.2, 0) is 25.4 Å². The molecule has 0 spiro atoms. The Kier molecular flexibility index (Phi) is 8.20. The largest absolute Gasteiger partial charge is 0.416 e. The van der Waals surface area contributed by atoms with Crippen molar-refractivity contribution in [2.75, 3.05) is 13.1 Å². The van der Waals surface area contributed by atoms with Crippen LogP contribution in [0.2, 0.25) is 0 Å². The highest BCUT2D eigenvalue weighted by Crippen LogP contribution is 2.32. The summed E-state index contributed by atoms with van der Waals surface area (Å²) < 4.78 is 54.8. The van der Waals surface area contributed by atoms with Gasteiger partial charge in [-0.25, -0.2) is 9.97 Å². The molecule has 5 rings (SSSR count). The van der Waals surface area contributed by atoms with Gasteiger partial charge in [-0.05, 0) is 68.1 Å². The molecule has 4 aromatic heterocycles. The van der Waals surface area contributed by atoms with Crippen molar-refractivity contribution in [1.29, 1.82) is 0 Å². The third-order valence-corrected chi connectivity index (χ3v) is 7.09. The van der Waals surface area contributed by atoms with Crippen molar-refractivity contribution in [3.05, 3.63) is 94.7 Å². The zero-order chi connectivity index (χ0) is 28.1. The zero-order valence-corrected chi connectivity index (χ0v) is 21.7. The molecular weight excluding hydrogens is 522 g/mol. The SMILES string of the molecule is N/C=C(\C=NC1CCNCC1)c1cnc2[nH]cc(Cc3ccc(CCc4cnccc4C(F)(F)F)nc3F)c2c1. The fourth-order valence-electron chi connectivity index (χ4n) is 4.86. The molecule has 4 aromatic rings. The molecule has 0 aromatic carbocycles. The predicted molar refractivity (Wildman–Crippen MR) is 146 cm³/mol. The maximum atomic E-state index is 15.0. The lowest BCUT2D eigenvalue weighted by Gasteiger charge is -2.18. The number of H-pyrrole nitrogens is 1. The summed E-state index contributed by atoms with van der Waals surface area (Å²) in [5.74, 6) is -0.658. The summed E-state index contributed by atoms with van der Waals surface area (Å²) in [6.45, 7) is 1.89. The fraction of sp³-hybridized carbons (Fsp3) is 0.310. The van der Waals surface area contributed by atoms with Gasteiger partial charge in [-0.1, -0.05) is 6.07 Å². The third kappa shape index (κ3) is 6.36. The van der Waals surface area contributed by atoms with Crippen LogP contribution < -0.4 is 11.1 Å². The second-order valence-corrected chi connectivity index (χ2v) is 9.78. The highest BCUT2D eigenvalue weighted by Gasteiger charge is 2.33. The minimum atomic E-state index is -4.48. The van der Waals surface area contributed by atoms with Gasteiger partial charge in [0, 0.05) is 71.4 Å². The summed E-state index contributed by atoms with van der Waals surface area (Å²) in [6, 6.07) is 6.42. The van der Waals surface area contributed by atoms with E-state index in [1.54, 1.807) is 30.7 Å². The van der Waals surface area contributed by atoms with Gasteiger partial charge in [0.1, 0.15) is 5.65 Å². The van der Waals surface area contributed by atoms with Crippen molar-refractivity contribution in [1.82, 2.24) is 25.3 Å². The van der Waals surface area contributed by atoms with Gasteiger partial charge in [0.15, 0.2) is 0 Å². The molecule has 40 heavy (non-hydrogen) atoms. The first-order valence-electron chi connectivity index (χ1n) is 13.1. The Morgan fingerprint density at radius 3 is 2.65 bits per heavy atom. The van der Waals surface area contributed by atoms with E-state index in [4.69, 9.17) is 10.7 Å². The first-order chi connectivity index (χ1) is 19.3. The number of piperidine rings is 1. The number of alkyl halides is 3. The van der Waals surface area contributed by atoms with Crippen molar-refractivity contribution in [3.8, 4) is 0 Å². The molecule has 208 valence electrons. The lowest BCUT2D eigenvalue weighted by molar-refractivity contribution is -0.138. The number of halogens is 4. The van der Waals surface area contributed by atoms with E-state index in [0.29, 0.717) is 16.9 Å². The number of aromatic nitrogens is 4. The van der Waals surface area contributed by atoms with Crippen LogP contribution >= 0.6 is 0 Å². The van der Waals surface area contributed by atoms with Crippen LogP contribution in [0.5, 0.6) is 0 Å². The Labute approximate surface area is 228 Å². The maximum Gasteiger partial charge on any atom is 0.416 e. The summed E-state index contributed by atoms with van der Waals surface area (Å²) in [5, 5.41) is 4.15. The molecule has 0 bridgehead atoms. The average molecular weight is 552 g/mol. The van der Waals surface area contributed by atoms with Gasteiger partial charge in [-0.3, -0.25) is 9.98 Å². The number of fused-ring (bicyclic) bond motifs is 1. The van der Waals surface area contributed by atoms with Crippen LogP contribution in [0.4, 0.5) is 17.6 Å². The topological polar surface area (TPSA) is 105 Å². The first kappa shape index (κ1) is 27.4. The molecule has 0 saturated carbocycles. The number of aryl methyl sites for hydroxylation is 2. The van der Waals surface area contributed by atoms with Crippen LogP contribution in [-0.4, -0.2) is 45.3 Å². The molecule has 1 saturated heterocycles. The third-order valence-electron chi connectivity index (χ3n) is 7.09. The summed E-state index contributed by atoms with van der Waals surface area (Å²) in [6.07, 6.45) is 7.03. The number of allylic oxidation sites excluding steroid dienone is 1. The predicted octanol–water partition coefficient (Wildman–Crippen LogP) is 5.01. The summed E-state index contributed by atoms with van der Waals surface area (Å²) >= 11 is 0. The Morgan fingerprint density at radius 1 is 1.07 bits per heavy atom. The van der Waals surface area contributed by atoms with E-state index in [0.717, 1.165) is 60.3 Å². The van der Waals surface area contributed by atoms with Gasteiger partial charge in [0.05, 0.1) is 11.6 Å². The molecule has 1 aliphatic heterocycles. The van der Waals surface area contributed by atoms with Gasteiger partial charge < -0.3 is 16.0 Å². The number of nitrogens with zero attached hydrogens (tertiary/aromatic N) is 4. The normalized spacial score (nSPS) is 15.3. The van der Waals surface area contributed by atoms with Crippen molar-refractivity contribution >= 4 is 22.8 Å². The molecule has 1 fully saturated rings. The first-order valence-corrected chi connectivity index (χ1v) is 13.1. The minimum absolute atomic E-state index is 0.0449. The Morgan fingerprint density at radius 2 is 1.90 bits per heavy atom. The molecular formula is C29H29F4N7. The van der Waals surface area contributed by atoms with Gasteiger partial charge >= 0.3 is 6.18 Å². The number of nitrogens with one attached hydrogen (secondary N) is 2. The van der Waals surface area contributed by atoms with E-state index >= 15 is 0 Å². The molecule has 0 unspecified atom stereocenters. The second kappa shape index (κ2) is 12.0. The van der Waals surface area contributed by atoms with Crippen molar-refractivity contribution in [3.63, 3.8) is 0 Å². The number of hydrogen-bond donors (Lipinski definition) is 3. The van der Waals surface area contributed by atoms with Crippen LogP contribution in [0.25, 0.3) is 16.6 Å². The summed E-state index contributed by atoms with van der Waals surface area (Å²) in [4.78, 5) is 20.1. The summed E-state index contributed by atoms with van der Waals surface area (Å²) in [7, 11) is 0. The zero-order valence-electron chi connectivity index (χ0n) is 21.7. The lowest BCUT2D eigenvalue weighted by Crippen LogP contribution is -2.29. The number of aliphatic imine (C=N–C) groups is 1. The molecule has 0 amide bonds. The van der Waals surface area contributed by atoms with E-state index in [9.17, 15) is 17.6 Å². The van der Waals surface area contributed by atoms with Crippen molar-refractivity contribution < 1.29 is 17.6 Å². The molecule has 7 nitrogen and oxygen atoms in total. The Bertz CT molecular complexity index is 1540. The van der Waals surface area contributed by atoms with E-state index in [-0.39, 0.29) is 30.9 Å². The quantitative estimate of drug-likeness (QED) is 0.162. The molecule has 0 atom stereocenters. The number of rotatable bonds is 8. The minimum Gasteiger partial charge on any atom is -0.404 e. The molecule has 11 heteroatoms. The molecule has 5 heterocycles. The number of nitrogens with two attached hydrogens (primary N) is 1. The highest BCUT2D eigenvalue weighted by molar-refractivity contribution is 6.10. The number of hydrogen-bond acceptors (Lipinski definition) is 6. The van der Waals surface area contributed by atoms with Gasteiger partial charge in [0.25, 0.3) is 0 Å². The van der Waals surface area contributed by atoms with E-state index < -0.39 is 17.7 Å². The van der Waals surface area contributed by atoms with Crippen LogP contribution in [0.15, 0.2) is 60.2 Å². The standard InChI is InChI=1S/C29H29F4N7/c30-27-18(1-3-24(40-27)4-2-19-14-36-10-7-26(19)29(31,32)33)11-21-16-39-28-25(21)12-20(15-38-28)22(13-34)17-37-23-5-8-35-9-6-23/h1,3,7,10,12-17,23,35H,2,4-6,8-9,11,34H2,(H,38,39)/b22-13+,37-17?. The Hall–Kier alpha value is -4.12. The van der Waals surface area contributed by atoms with Crippen molar-refractivity contribution in [2.45, 2.75) is 44.3 Å². The van der Waals surface area contributed by atoms with Crippen molar-refractivity contribution in [2.24, 2.45) is 10.7 Å². The van der Waals surface area contributed by atoms with Gasteiger partial charge in [-0.15, -0.1) is 0 Å². The second-order valence-electron chi connectivity index (χ2n) is 9.78. The van der Waals surface area contributed by atoms with E-state index in [1.165, 1.54) is 12.4 Å². The lowest BCUT2D eigenvalue weighted by atomic mass is 10.0. The Balaban J connectivity index is 1.31. The summed E-state index contributed by atoms with van der Waals surface area (Å²) in [5.41, 5.74) is 9.00. The van der Waals surface area contributed by atoms with E-state index in [2.05, 4.69) is 25.3 Å². The average Bonchev–Trinajstić information content (AvgIpc) is 3.36. The number of pyridine rings is 3. The number of aromatic amines is 1. The maximum absolute atomic E-state index is 15.0.